The number of unbranched alkanes of at least 4 members (excludes halogenated alkanes) is 1. The summed E-state index contributed by atoms with van der Waals surface area (Å²) >= 11 is 12.6. The molecule has 2 amide bonds. The van der Waals surface area contributed by atoms with E-state index in [-0.39, 0.29) is 18.2 Å². The number of halogens is 1. The molecule has 1 aliphatic rings. The Kier molecular flexibility index (Phi) is 7.27. The fourth-order valence-electron chi connectivity index (χ4n) is 2.13. The first kappa shape index (κ1) is 19.0. The second kappa shape index (κ2) is 9.20. The quantitative estimate of drug-likeness (QED) is 0.442. The van der Waals surface area contributed by atoms with Crippen molar-refractivity contribution in [2.45, 2.75) is 26.2 Å². The highest BCUT2D eigenvalue weighted by atomic mass is 35.5. The zero-order valence-electron chi connectivity index (χ0n) is 13.4. The number of carbonyl (C=O) groups excluding carboxylic acids is 2. The summed E-state index contributed by atoms with van der Waals surface area (Å²) in [5, 5.41) is 3.42. The average molecular weight is 383 g/mol. The third-order valence-electron chi connectivity index (χ3n) is 3.48. The maximum Gasteiger partial charge on any atom is 0.266 e. The lowest BCUT2D eigenvalue weighted by molar-refractivity contribution is -0.123. The highest BCUT2D eigenvalue weighted by Gasteiger charge is 2.32. The van der Waals surface area contributed by atoms with Gasteiger partial charge in [-0.05, 0) is 24.1 Å². The van der Waals surface area contributed by atoms with Gasteiger partial charge in [0.25, 0.3) is 5.91 Å². The van der Waals surface area contributed by atoms with Crippen LogP contribution in [0.15, 0.2) is 29.2 Å². The Balaban J connectivity index is 1.97. The maximum atomic E-state index is 12.5. The van der Waals surface area contributed by atoms with Crippen molar-refractivity contribution in [3.63, 3.8) is 0 Å². The van der Waals surface area contributed by atoms with Crippen LogP contribution in [0, 0.1) is 0 Å². The molecule has 1 aromatic carbocycles. The highest BCUT2D eigenvalue weighted by Crippen LogP contribution is 2.33. The largest absolute Gasteiger partial charge is 0.356 e. The van der Waals surface area contributed by atoms with Crippen molar-refractivity contribution in [3.05, 3.63) is 39.8 Å². The number of amides is 2. The van der Waals surface area contributed by atoms with Crippen LogP contribution >= 0.6 is 35.6 Å². The van der Waals surface area contributed by atoms with E-state index in [9.17, 15) is 9.59 Å². The molecule has 1 aliphatic heterocycles. The van der Waals surface area contributed by atoms with E-state index in [0.29, 0.717) is 27.3 Å². The predicted octanol–water partition coefficient (Wildman–Crippen LogP) is 3.85. The number of nitrogens with zero attached hydrogens (tertiary/aromatic N) is 1. The van der Waals surface area contributed by atoms with E-state index in [1.807, 2.05) is 18.2 Å². The maximum absolute atomic E-state index is 12.5. The van der Waals surface area contributed by atoms with Gasteiger partial charge in [-0.15, -0.1) is 0 Å². The van der Waals surface area contributed by atoms with Crippen LogP contribution in [0.1, 0.15) is 31.7 Å². The predicted molar refractivity (Wildman–Crippen MR) is 104 cm³/mol. The first-order chi connectivity index (χ1) is 11.5. The van der Waals surface area contributed by atoms with Crippen LogP contribution in [0.25, 0.3) is 6.08 Å². The SMILES string of the molecule is CCCCNC(=O)CCN1C(=O)/C(=C\c2ccccc2Cl)SC1=S. The van der Waals surface area contributed by atoms with Gasteiger partial charge in [-0.2, -0.15) is 0 Å². The van der Waals surface area contributed by atoms with Gasteiger partial charge in [-0.1, -0.05) is 67.1 Å². The minimum atomic E-state index is -0.175. The number of carbonyl (C=O) groups is 2. The van der Waals surface area contributed by atoms with Gasteiger partial charge in [0.15, 0.2) is 0 Å². The van der Waals surface area contributed by atoms with Crippen LogP contribution in [0.2, 0.25) is 5.02 Å². The number of thiocarbonyl (C=S) groups is 1. The van der Waals surface area contributed by atoms with Crippen molar-refractivity contribution < 1.29 is 9.59 Å². The van der Waals surface area contributed by atoms with Gasteiger partial charge in [-0.25, -0.2) is 0 Å². The van der Waals surface area contributed by atoms with Crippen molar-refractivity contribution >= 4 is 57.8 Å². The lowest BCUT2D eigenvalue weighted by Crippen LogP contribution is -2.33. The zero-order valence-corrected chi connectivity index (χ0v) is 15.8. The van der Waals surface area contributed by atoms with E-state index in [4.69, 9.17) is 23.8 Å². The van der Waals surface area contributed by atoms with E-state index in [0.717, 1.165) is 18.4 Å². The Labute approximate surface area is 156 Å². The van der Waals surface area contributed by atoms with E-state index in [1.54, 1.807) is 12.1 Å². The van der Waals surface area contributed by atoms with E-state index in [2.05, 4.69) is 12.2 Å². The molecule has 1 heterocycles. The third-order valence-corrected chi connectivity index (χ3v) is 5.20. The molecule has 2 rings (SSSR count). The second-order valence-corrected chi connectivity index (χ2v) is 7.39. The number of benzene rings is 1. The van der Waals surface area contributed by atoms with Gasteiger partial charge < -0.3 is 5.32 Å². The minimum Gasteiger partial charge on any atom is -0.356 e. The van der Waals surface area contributed by atoms with E-state index in [1.165, 1.54) is 16.7 Å². The van der Waals surface area contributed by atoms with Crippen LogP contribution in [0.4, 0.5) is 0 Å². The molecule has 24 heavy (non-hydrogen) atoms. The summed E-state index contributed by atoms with van der Waals surface area (Å²) in [4.78, 5) is 26.3. The average Bonchev–Trinajstić information content (AvgIpc) is 2.82. The molecule has 0 aliphatic carbocycles. The Hall–Kier alpha value is -1.37. The van der Waals surface area contributed by atoms with Gasteiger partial charge in [0, 0.05) is 24.5 Å². The van der Waals surface area contributed by atoms with Crippen molar-refractivity contribution in [2.24, 2.45) is 0 Å². The fraction of sp³-hybridized carbons (Fsp3) is 0.353. The summed E-state index contributed by atoms with van der Waals surface area (Å²) in [5.41, 5.74) is 0.775. The van der Waals surface area contributed by atoms with Crippen molar-refractivity contribution in [2.75, 3.05) is 13.1 Å². The molecule has 0 unspecified atom stereocenters. The Morgan fingerprint density at radius 3 is 2.88 bits per heavy atom. The molecule has 1 aromatic rings. The molecule has 1 fully saturated rings. The molecule has 0 aromatic heterocycles. The first-order valence-corrected chi connectivity index (χ1v) is 9.39. The van der Waals surface area contributed by atoms with Crippen LogP contribution in [-0.4, -0.2) is 34.1 Å². The molecule has 4 nitrogen and oxygen atoms in total. The lowest BCUT2D eigenvalue weighted by atomic mass is 10.2. The Morgan fingerprint density at radius 2 is 2.17 bits per heavy atom. The first-order valence-electron chi connectivity index (χ1n) is 7.79. The zero-order chi connectivity index (χ0) is 17.5. The molecule has 0 spiro atoms. The van der Waals surface area contributed by atoms with E-state index < -0.39 is 0 Å². The van der Waals surface area contributed by atoms with Crippen LogP contribution in [-0.2, 0) is 9.59 Å². The molecule has 0 radical (unpaired) electrons. The van der Waals surface area contributed by atoms with Crippen LogP contribution < -0.4 is 5.32 Å². The van der Waals surface area contributed by atoms with Gasteiger partial charge in [0.05, 0.1) is 4.91 Å². The monoisotopic (exact) mass is 382 g/mol. The number of hydrogen-bond donors (Lipinski definition) is 1. The van der Waals surface area contributed by atoms with Crippen LogP contribution in [0.5, 0.6) is 0 Å². The molecule has 1 N–H and O–H groups in total. The molecular weight excluding hydrogens is 364 g/mol. The van der Waals surface area contributed by atoms with Gasteiger partial charge in [0.2, 0.25) is 5.91 Å². The van der Waals surface area contributed by atoms with Gasteiger partial charge in [0.1, 0.15) is 4.32 Å². The van der Waals surface area contributed by atoms with Crippen molar-refractivity contribution in [1.29, 1.82) is 0 Å². The highest BCUT2D eigenvalue weighted by molar-refractivity contribution is 8.26. The Bertz CT molecular complexity index is 676. The molecule has 1 saturated heterocycles. The normalized spacial score (nSPS) is 16.1. The topological polar surface area (TPSA) is 49.4 Å². The summed E-state index contributed by atoms with van der Waals surface area (Å²) in [6.45, 7) is 3.03. The summed E-state index contributed by atoms with van der Waals surface area (Å²) in [7, 11) is 0. The third kappa shape index (κ3) is 5.06. The van der Waals surface area contributed by atoms with Gasteiger partial charge >= 0.3 is 0 Å². The molecule has 0 bridgehead atoms. The molecule has 7 heteroatoms. The summed E-state index contributed by atoms with van der Waals surface area (Å²) < 4.78 is 0.472. The van der Waals surface area contributed by atoms with Gasteiger partial charge in [-0.3, -0.25) is 14.5 Å². The van der Waals surface area contributed by atoms with Crippen molar-refractivity contribution in [3.8, 4) is 0 Å². The van der Waals surface area contributed by atoms with Crippen LogP contribution in [0.3, 0.4) is 0 Å². The number of nitrogens with one attached hydrogen (secondary N) is 1. The molecule has 0 saturated carbocycles. The molecule has 0 atom stereocenters. The summed E-state index contributed by atoms with van der Waals surface area (Å²) in [6, 6.07) is 7.31. The number of thioether (sulfide) groups is 1. The Morgan fingerprint density at radius 1 is 1.42 bits per heavy atom. The smallest absolute Gasteiger partial charge is 0.266 e. The van der Waals surface area contributed by atoms with E-state index >= 15 is 0 Å². The minimum absolute atomic E-state index is 0.0624. The standard InChI is InChI=1S/C17H19ClN2O2S2/c1-2-3-9-19-15(21)8-10-20-16(22)14(24-17(20)23)11-12-6-4-5-7-13(12)18/h4-7,11H,2-3,8-10H2,1H3,(H,19,21)/b14-11+. The fourth-order valence-corrected chi connectivity index (χ4v) is 3.62. The molecular formula is C17H19ClN2O2S2. The lowest BCUT2D eigenvalue weighted by Gasteiger charge is -2.14. The van der Waals surface area contributed by atoms with Crippen molar-refractivity contribution in [1.82, 2.24) is 10.2 Å². The summed E-state index contributed by atoms with van der Waals surface area (Å²) in [5.74, 6) is -0.237. The number of rotatable bonds is 7. The summed E-state index contributed by atoms with van der Waals surface area (Å²) in [6.07, 6.45) is 3.97. The second-order valence-electron chi connectivity index (χ2n) is 5.31. The molecule has 128 valence electrons. The number of hydrogen-bond acceptors (Lipinski definition) is 4.